The Morgan fingerprint density at radius 2 is 1.86 bits per heavy atom. The number of rotatable bonds is 7. The van der Waals surface area contributed by atoms with Gasteiger partial charge in [0.25, 0.3) is 0 Å². The van der Waals surface area contributed by atoms with Gasteiger partial charge in [-0.15, -0.1) is 0 Å². The van der Waals surface area contributed by atoms with Gasteiger partial charge in [0.15, 0.2) is 0 Å². The Balaban J connectivity index is 1.26. The van der Waals surface area contributed by atoms with Gasteiger partial charge in [0, 0.05) is 24.0 Å². The molecule has 0 radical (unpaired) electrons. The number of aromatic nitrogens is 1. The van der Waals surface area contributed by atoms with E-state index >= 15 is 0 Å². The van der Waals surface area contributed by atoms with Crippen molar-refractivity contribution in [2.75, 3.05) is 6.61 Å². The fourth-order valence-electron chi connectivity index (χ4n) is 3.57. The first-order chi connectivity index (χ1) is 14.3. The van der Waals surface area contributed by atoms with E-state index in [0.29, 0.717) is 12.3 Å². The number of aldehydes is 1. The van der Waals surface area contributed by atoms with Crippen LogP contribution in [0, 0.1) is 11.8 Å². The molecule has 1 heterocycles. The van der Waals surface area contributed by atoms with Gasteiger partial charge in [-0.2, -0.15) is 0 Å². The largest absolute Gasteiger partial charge is 0.493 e. The Morgan fingerprint density at radius 1 is 1.03 bits per heavy atom. The van der Waals surface area contributed by atoms with Gasteiger partial charge in [0.1, 0.15) is 29.3 Å². The molecule has 2 aliphatic carbocycles. The number of ether oxygens (including phenoxy) is 2. The average molecular weight is 389 g/mol. The molecule has 5 heteroatoms. The van der Waals surface area contributed by atoms with Crippen LogP contribution < -0.4 is 9.47 Å². The zero-order valence-electron chi connectivity index (χ0n) is 16.2. The summed E-state index contributed by atoms with van der Waals surface area (Å²) in [4.78, 5) is 15.7. The highest BCUT2D eigenvalue weighted by Gasteiger charge is 2.24. The number of oxazole rings is 1. The molecule has 0 amide bonds. The summed E-state index contributed by atoms with van der Waals surface area (Å²) in [6.07, 6.45) is 5.85. The van der Waals surface area contributed by atoms with Crippen LogP contribution in [0.3, 0.4) is 0 Å². The number of benzene rings is 2. The number of nitrogens with zero attached hydrogens (tertiary/aromatic N) is 1. The molecule has 1 unspecified atom stereocenters. The monoisotopic (exact) mass is 389 g/mol. The third kappa shape index (κ3) is 4.19. The molecule has 0 aliphatic heterocycles. The predicted octanol–water partition coefficient (Wildman–Crippen LogP) is 5.23. The zero-order chi connectivity index (χ0) is 19.6. The highest BCUT2D eigenvalue weighted by Crippen LogP contribution is 2.32. The number of carbonyl (C=O) groups is 1. The van der Waals surface area contributed by atoms with Crippen LogP contribution in [0.1, 0.15) is 30.7 Å². The maximum Gasteiger partial charge on any atom is 0.226 e. The molecular weight excluding hydrogens is 366 g/mol. The lowest BCUT2D eigenvalue weighted by Crippen LogP contribution is -2.14. The summed E-state index contributed by atoms with van der Waals surface area (Å²) >= 11 is 0. The third-order valence-electron chi connectivity index (χ3n) is 5.50. The Hall–Kier alpha value is -3.08. The summed E-state index contributed by atoms with van der Waals surface area (Å²) in [5.74, 6) is 4.53. The molecular formula is C24H23NO4. The van der Waals surface area contributed by atoms with Crippen molar-refractivity contribution in [2.45, 2.75) is 32.1 Å². The minimum atomic E-state index is 0.0445. The van der Waals surface area contributed by atoms with Crippen LogP contribution in [0.25, 0.3) is 11.5 Å². The van der Waals surface area contributed by atoms with E-state index in [-0.39, 0.29) is 5.92 Å². The van der Waals surface area contributed by atoms with Gasteiger partial charge in [0.2, 0.25) is 5.89 Å². The van der Waals surface area contributed by atoms with Gasteiger partial charge in [-0.1, -0.05) is 6.07 Å². The highest BCUT2D eigenvalue weighted by atomic mass is 16.5. The van der Waals surface area contributed by atoms with Gasteiger partial charge >= 0.3 is 0 Å². The van der Waals surface area contributed by atoms with E-state index < -0.39 is 0 Å². The van der Waals surface area contributed by atoms with Crippen molar-refractivity contribution in [2.24, 2.45) is 11.8 Å². The second-order valence-electron chi connectivity index (χ2n) is 7.88. The molecule has 0 spiro atoms. The molecule has 148 valence electrons. The van der Waals surface area contributed by atoms with Crippen LogP contribution in [0.2, 0.25) is 0 Å². The lowest BCUT2D eigenvalue weighted by atomic mass is 9.92. The zero-order valence-corrected chi connectivity index (χ0v) is 16.2. The summed E-state index contributed by atoms with van der Waals surface area (Å²) in [5, 5.41) is 0. The maximum atomic E-state index is 11.0. The first-order valence-corrected chi connectivity index (χ1v) is 10.2. The number of carbonyl (C=O) groups excluding carboxylic acids is 1. The van der Waals surface area contributed by atoms with Crippen LogP contribution >= 0.6 is 0 Å². The van der Waals surface area contributed by atoms with E-state index in [9.17, 15) is 4.79 Å². The molecule has 3 aromatic rings. The minimum absolute atomic E-state index is 0.0445. The molecule has 1 atom stereocenters. The lowest BCUT2D eigenvalue weighted by Gasteiger charge is -2.13. The number of hydrogen-bond acceptors (Lipinski definition) is 5. The van der Waals surface area contributed by atoms with Crippen LogP contribution in [-0.4, -0.2) is 17.9 Å². The van der Waals surface area contributed by atoms with E-state index in [1.807, 2.05) is 48.5 Å². The van der Waals surface area contributed by atoms with Crippen molar-refractivity contribution in [3.63, 3.8) is 0 Å². The van der Waals surface area contributed by atoms with Crippen LogP contribution in [-0.2, 0) is 17.6 Å². The van der Waals surface area contributed by atoms with Gasteiger partial charge in [-0.25, -0.2) is 4.98 Å². The second kappa shape index (κ2) is 7.74. The molecule has 0 bridgehead atoms. The molecule has 2 aromatic carbocycles. The Labute approximate surface area is 169 Å². The minimum Gasteiger partial charge on any atom is -0.493 e. The standard InChI is InChI=1S/C24H23NO4/c26-14-17-6-11-22-23(12-17)29-24(25-22)18-7-9-19(10-8-18)28-21-3-1-2-20(13-21)27-15-16-4-5-16/h1-3,7-10,13-14,16-17H,4-6,11-12,15H2. The van der Waals surface area contributed by atoms with Crippen molar-refractivity contribution in [1.82, 2.24) is 4.98 Å². The molecule has 0 N–H and O–H groups in total. The first-order valence-electron chi connectivity index (χ1n) is 10.2. The van der Waals surface area contributed by atoms with Crippen molar-refractivity contribution >= 4 is 6.29 Å². The smallest absolute Gasteiger partial charge is 0.226 e. The molecule has 1 fully saturated rings. The van der Waals surface area contributed by atoms with E-state index in [2.05, 4.69) is 4.98 Å². The normalized spacial score (nSPS) is 18.1. The van der Waals surface area contributed by atoms with Crippen molar-refractivity contribution < 1.29 is 18.7 Å². The van der Waals surface area contributed by atoms with E-state index in [1.165, 1.54) is 12.8 Å². The Kier molecular flexibility index (Phi) is 4.80. The predicted molar refractivity (Wildman–Crippen MR) is 108 cm³/mol. The fraction of sp³-hybridized carbons (Fsp3) is 0.333. The highest BCUT2D eigenvalue weighted by molar-refractivity contribution is 5.57. The molecule has 2 aliphatic rings. The van der Waals surface area contributed by atoms with Crippen LogP contribution in [0.4, 0.5) is 0 Å². The van der Waals surface area contributed by atoms with Gasteiger partial charge in [-0.05, 0) is 68.0 Å². The van der Waals surface area contributed by atoms with Crippen molar-refractivity contribution in [3.8, 4) is 28.7 Å². The number of aryl methyl sites for hydroxylation is 1. The molecule has 5 nitrogen and oxygen atoms in total. The van der Waals surface area contributed by atoms with Crippen LogP contribution in [0.5, 0.6) is 17.2 Å². The first kappa shape index (κ1) is 18.0. The summed E-state index contributed by atoms with van der Waals surface area (Å²) in [6, 6.07) is 15.4. The SMILES string of the molecule is O=CC1CCc2nc(-c3ccc(Oc4cccc(OCC5CC5)c4)cc3)oc2C1. The summed E-state index contributed by atoms with van der Waals surface area (Å²) in [6.45, 7) is 0.784. The fourth-order valence-corrected chi connectivity index (χ4v) is 3.57. The maximum absolute atomic E-state index is 11.0. The summed E-state index contributed by atoms with van der Waals surface area (Å²) in [5.41, 5.74) is 1.87. The molecule has 0 saturated heterocycles. The van der Waals surface area contributed by atoms with E-state index in [1.54, 1.807) is 0 Å². The van der Waals surface area contributed by atoms with Gasteiger partial charge in [0.05, 0.1) is 12.3 Å². The molecule has 29 heavy (non-hydrogen) atoms. The lowest BCUT2D eigenvalue weighted by molar-refractivity contribution is -0.111. The topological polar surface area (TPSA) is 61.6 Å². The van der Waals surface area contributed by atoms with E-state index in [0.717, 1.165) is 65.9 Å². The van der Waals surface area contributed by atoms with Gasteiger partial charge in [-0.3, -0.25) is 0 Å². The van der Waals surface area contributed by atoms with Crippen molar-refractivity contribution in [3.05, 3.63) is 60.0 Å². The third-order valence-corrected chi connectivity index (χ3v) is 5.50. The van der Waals surface area contributed by atoms with Gasteiger partial charge < -0.3 is 18.7 Å². The number of fused-ring (bicyclic) bond motifs is 1. The molecule has 1 saturated carbocycles. The average Bonchev–Trinajstić information content (AvgIpc) is 3.49. The second-order valence-corrected chi connectivity index (χ2v) is 7.88. The Morgan fingerprint density at radius 3 is 2.66 bits per heavy atom. The number of hydrogen-bond donors (Lipinski definition) is 0. The van der Waals surface area contributed by atoms with Crippen LogP contribution in [0.15, 0.2) is 52.9 Å². The quantitative estimate of drug-likeness (QED) is 0.518. The van der Waals surface area contributed by atoms with E-state index in [4.69, 9.17) is 13.9 Å². The Bertz CT molecular complexity index is 1000. The van der Waals surface area contributed by atoms with Crippen molar-refractivity contribution in [1.29, 1.82) is 0 Å². The molecule has 1 aromatic heterocycles. The summed E-state index contributed by atoms with van der Waals surface area (Å²) < 4.78 is 17.7. The molecule has 5 rings (SSSR count). The summed E-state index contributed by atoms with van der Waals surface area (Å²) in [7, 11) is 0.